The molecular weight excluding hydrogens is 244 g/mol. The van der Waals surface area contributed by atoms with E-state index < -0.39 is 0 Å². The molecule has 0 unspecified atom stereocenters. The van der Waals surface area contributed by atoms with E-state index in [0.717, 1.165) is 0 Å². The standard InChI is InChI=1S/C13H10N4O2/c1-9-14-7-8-16(9)12-5-4-11-10(3-2-6-15-11)13(12)17(18)19/h2-8H,1H3. The number of nitrogens with zero attached hydrogens (tertiary/aromatic N) is 4. The molecule has 0 saturated heterocycles. The SMILES string of the molecule is Cc1nccn1-c1ccc2ncccc2c1[N+](=O)[O-]. The molecule has 1 aromatic carbocycles. The van der Waals surface area contributed by atoms with Gasteiger partial charge < -0.3 is 0 Å². The summed E-state index contributed by atoms with van der Waals surface area (Å²) in [5.41, 5.74) is 1.16. The van der Waals surface area contributed by atoms with Crippen LogP contribution >= 0.6 is 0 Å². The van der Waals surface area contributed by atoms with Crippen molar-refractivity contribution >= 4 is 16.6 Å². The second-order valence-corrected chi connectivity index (χ2v) is 4.10. The highest BCUT2D eigenvalue weighted by Gasteiger charge is 2.20. The van der Waals surface area contributed by atoms with Crippen LogP contribution in [0.1, 0.15) is 5.82 Å². The molecule has 6 nitrogen and oxygen atoms in total. The Morgan fingerprint density at radius 3 is 2.74 bits per heavy atom. The third-order valence-electron chi connectivity index (χ3n) is 3.00. The van der Waals surface area contributed by atoms with Gasteiger partial charge in [0.15, 0.2) is 0 Å². The van der Waals surface area contributed by atoms with Gasteiger partial charge in [0.2, 0.25) is 0 Å². The van der Waals surface area contributed by atoms with Crippen molar-refractivity contribution in [2.45, 2.75) is 6.92 Å². The first kappa shape index (κ1) is 11.3. The smallest absolute Gasteiger partial charge is 0.298 e. The number of aryl methyl sites for hydroxylation is 1. The van der Waals surface area contributed by atoms with Crippen LogP contribution in [0.3, 0.4) is 0 Å². The molecule has 0 atom stereocenters. The second kappa shape index (κ2) is 4.16. The summed E-state index contributed by atoms with van der Waals surface area (Å²) in [6.45, 7) is 1.80. The zero-order chi connectivity index (χ0) is 13.4. The molecule has 2 aromatic heterocycles. The summed E-state index contributed by atoms with van der Waals surface area (Å²) in [6.07, 6.45) is 4.95. The van der Waals surface area contributed by atoms with E-state index in [1.54, 1.807) is 54.3 Å². The summed E-state index contributed by atoms with van der Waals surface area (Å²) in [5.74, 6) is 0.700. The van der Waals surface area contributed by atoms with Crippen molar-refractivity contribution in [1.29, 1.82) is 0 Å². The molecule has 19 heavy (non-hydrogen) atoms. The van der Waals surface area contributed by atoms with Gasteiger partial charge in [0.25, 0.3) is 0 Å². The molecule has 94 valence electrons. The number of benzene rings is 1. The highest BCUT2D eigenvalue weighted by molar-refractivity contribution is 5.91. The van der Waals surface area contributed by atoms with Crippen LogP contribution in [0.5, 0.6) is 0 Å². The molecule has 0 saturated carbocycles. The van der Waals surface area contributed by atoms with Crippen molar-refractivity contribution < 1.29 is 4.92 Å². The summed E-state index contributed by atoms with van der Waals surface area (Å²) in [4.78, 5) is 19.2. The fourth-order valence-corrected chi connectivity index (χ4v) is 2.14. The number of imidazole rings is 1. The lowest BCUT2D eigenvalue weighted by molar-refractivity contribution is -0.382. The lowest BCUT2D eigenvalue weighted by Crippen LogP contribution is -2.02. The van der Waals surface area contributed by atoms with E-state index in [2.05, 4.69) is 9.97 Å². The predicted octanol–water partition coefficient (Wildman–Crippen LogP) is 2.64. The largest absolute Gasteiger partial charge is 0.302 e. The number of aromatic nitrogens is 3. The molecule has 0 bridgehead atoms. The molecule has 0 spiro atoms. The maximum Gasteiger partial charge on any atom is 0.302 e. The van der Waals surface area contributed by atoms with Gasteiger partial charge in [-0.1, -0.05) is 0 Å². The minimum absolute atomic E-state index is 0.0479. The fraction of sp³-hybridized carbons (Fsp3) is 0.0769. The lowest BCUT2D eigenvalue weighted by atomic mass is 10.1. The topological polar surface area (TPSA) is 73.8 Å². The maximum absolute atomic E-state index is 11.4. The van der Waals surface area contributed by atoms with Crippen LogP contribution in [-0.2, 0) is 0 Å². The van der Waals surface area contributed by atoms with Crippen molar-refractivity contribution in [2.75, 3.05) is 0 Å². The van der Waals surface area contributed by atoms with Gasteiger partial charge in [0.1, 0.15) is 11.5 Å². The highest BCUT2D eigenvalue weighted by Crippen LogP contribution is 2.31. The van der Waals surface area contributed by atoms with E-state index in [9.17, 15) is 10.1 Å². The number of hydrogen-bond acceptors (Lipinski definition) is 4. The van der Waals surface area contributed by atoms with Gasteiger partial charge in [-0.05, 0) is 31.2 Å². The van der Waals surface area contributed by atoms with Gasteiger partial charge in [-0.2, -0.15) is 0 Å². The third kappa shape index (κ3) is 1.74. The van der Waals surface area contributed by atoms with Gasteiger partial charge in [0, 0.05) is 18.6 Å². The molecule has 0 fully saturated rings. The number of rotatable bonds is 2. The maximum atomic E-state index is 11.4. The molecule has 2 heterocycles. The van der Waals surface area contributed by atoms with Crippen molar-refractivity contribution in [3.63, 3.8) is 0 Å². The molecule has 0 aliphatic heterocycles. The zero-order valence-electron chi connectivity index (χ0n) is 10.1. The molecule has 0 N–H and O–H groups in total. The number of fused-ring (bicyclic) bond motifs is 1. The monoisotopic (exact) mass is 254 g/mol. The minimum Gasteiger partial charge on any atom is -0.298 e. The molecule has 0 radical (unpaired) electrons. The van der Waals surface area contributed by atoms with Crippen LogP contribution in [0, 0.1) is 17.0 Å². The van der Waals surface area contributed by atoms with Crippen LogP contribution in [0.2, 0.25) is 0 Å². The summed E-state index contributed by atoms with van der Waals surface area (Å²) in [6, 6.07) is 6.87. The summed E-state index contributed by atoms with van der Waals surface area (Å²) in [5, 5.41) is 11.9. The number of nitro groups is 1. The first-order chi connectivity index (χ1) is 9.18. The van der Waals surface area contributed by atoms with E-state index in [1.165, 1.54) is 0 Å². The Balaban J connectivity index is 2.40. The van der Waals surface area contributed by atoms with Gasteiger partial charge in [-0.15, -0.1) is 0 Å². The van der Waals surface area contributed by atoms with Crippen molar-refractivity contribution in [3.05, 3.63) is 58.8 Å². The number of pyridine rings is 1. The van der Waals surface area contributed by atoms with Gasteiger partial charge in [-0.3, -0.25) is 19.7 Å². The van der Waals surface area contributed by atoms with Gasteiger partial charge in [0.05, 0.1) is 15.8 Å². The van der Waals surface area contributed by atoms with Crippen molar-refractivity contribution in [1.82, 2.24) is 14.5 Å². The molecule has 0 aliphatic carbocycles. The van der Waals surface area contributed by atoms with Gasteiger partial charge in [-0.25, -0.2) is 4.98 Å². The first-order valence-corrected chi connectivity index (χ1v) is 5.71. The number of hydrogen-bond donors (Lipinski definition) is 0. The van der Waals surface area contributed by atoms with Crippen LogP contribution in [0.15, 0.2) is 42.9 Å². The molecule has 6 heteroatoms. The van der Waals surface area contributed by atoms with E-state index in [-0.39, 0.29) is 10.6 Å². The molecule has 0 amide bonds. The van der Waals surface area contributed by atoms with E-state index in [1.807, 2.05) is 0 Å². The van der Waals surface area contributed by atoms with E-state index >= 15 is 0 Å². The van der Waals surface area contributed by atoms with Crippen LogP contribution < -0.4 is 0 Å². The Kier molecular flexibility index (Phi) is 2.49. The molecular formula is C13H10N4O2. The second-order valence-electron chi connectivity index (χ2n) is 4.10. The average molecular weight is 254 g/mol. The number of nitro benzene ring substituents is 1. The van der Waals surface area contributed by atoms with Crippen LogP contribution in [0.4, 0.5) is 5.69 Å². The normalized spacial score (nSPS) is 10.8. The van der Waals surface area contributed by atoms with Crippen LogP contribution in [0.25, 0.3) is 16.6 Å². The molecule has 0 aliphatic rings. The minimum atomic E-state index is -0.376. The molecule has 3 aromatic rings. The summed E-state index contributed by atoms with van der Waals surface area (Å²) >= 11 is 0. The van der Waals surface area contributed by atoms with Crippen molar-refractivity contribution in [3.8, 4) is 5.69 Å². The highest BCUT2D eigenvalue weighted by atomic mass is 16.6. The summed E-state index contributed by atoms with van der Waals surface area (Å²) in [7, 11) is 0. The molecule has 3 rings (SSSR count). The quantitative estimate of drug-likeness (QED) is 0.520. The lowest BCUT2D eigenvalue weighted by Gasteiger charge is -2.08. The predicted molar refractivity (Wildman–Crippen MR) is 70.3 cm³/mol. The third-order valence-corrected chi connectivity index (χ3v) is 3.00. The van der Waals surface area contributed by atoms with E-state index in [4.69, 9.17) is 0 Å². The van der Waals surface area contributed by atoms with E-state index in [0.29, 0.717) is 22.4 Å². The Morgan fingerprint density at radius 2 is 2.05 bits per heavy atom. The zero-order valence-corrected chi connectivity index (χ0v) is 10.1. The Hall–Kier alpha value is -2.76. The van der Waals surface area contributed by atoms with Gasteiger partial charge >= 0.3 is 5.69 Å². The van der Waals surface area contributed by atoms with Crippen molar-refractivity contribution in [2.24, 2.45) is 0 Å². The van der Waals surface area contributed by atoms with Crippen LogP contribution in [-0.4, -0.2) is 19.5 Å². The Labute approximate surface area is 108 Å². The first-order valence-electron chi connectivity index (χ1n) is 5.71. The Bertz CT molecular complexity index is 779. The fourth-order valence-electron chi connectivity index (χ4n) is 2.14. The average Bonchev–Trinajstić information content (AvgIpc) is 2.83. The Morgan fingerprint density at radius 1 is 1.21 bits per heavy atom. The summed E-state index contributed by atoms with van der Waals surface area (Å²) < 4.78 is 1.70.